The Balaban J connectivity index is 1.52. The number of carbonyl (C=O) groups is 7. The number of para-hydroxylation sites is 1. The molecule has 10 N–H and O–H groups in total. The third-order valence-electron chi connectivity index (χ3n) is 7.72. The van der Waals surface area contributed by atoms with E-state index in [1.165, 1.54) is 17.0 Å². The van der Waals surface area contributed by atoms with Crippen molar-refractivity contribution in [3.63, 3.8) is 0 Å². The van der Waals surface area contributed by atoms with Gasteiger partial charge in [-0.3, -0.25) is 59.1 Å². The second-order valence-electron chi connectivity index (χ2n) is 11.9. The Morgan fingerprint density at radius 2 is 1.19 bits per heavy atom. The van der Waals surface area contributed by atoms with E-state index < -0.39 is 73.8 Å². The van der Waals surface area contributed by atoms with Crippen LogP contribution in [0.25, 0.3) is 10.9 Å². The van der Waals surface area contributed by atoms with Crippen molar-refractivity contribution in [2.75, 3.05) is 58.9 Å². The lowest BCUT2D eigenvalue weighted by molar-refractivity contribution is -0.143. The van der Waals surface area contributed by atoms with E-state index in [-0.39, 0.29) is 51.3 Å². The zero-order valence-corrected chi connectivity index (χ0v) is 28.1. The normalized spacial score (nSPS) is 11.8. The van der Waals surface area contributed by atoms with Crippen molar-refractivity contribution >= 4 is 52.5 Å². The minimum Gasteiger partial charge on any atom is -0.480 e. The Morgan fingerprint density at radius 3 is 1.73 bits per heavy atom. The second kappa shape index (κ2) is 20.1. The predicted octanol–water partition coefficient (Wildman–Crippen LogP) is -1.64. The number of carbonyl (C=O) groups excluding carboxylic acids is 3. The molecule has 0 aliphatic heterocycles. The summed E-state index contributed by atoms with van der Waals surface area (Å²) in [6.07, 6.45) is 2.02. The Labute approximate surface area is 297 Å². The van der Waals surface area contributed by atoms with Crippen LogP contribution in [-0.2, 0) is 41.7 Å². The van der Waals surface area contributed by atoms with Crippen molar-refractivity contribution in [1.29, 1.82) is 0 Å². The van der Waals surface area contributed by atoms with E-state index in [1.807, 2.05) is 24.3 Å². The van der Waals surface area contributed by atoms with Crippen LogP contribution < -0.4 is 21.9 Å². The number of rotatable bonds is 22. The second-order valence-corrected chi connectivity index (χ2v) is 11.9. The van der Waals surface area contributed by atoms with Crippen molar-refractivity contribution < 1.29 is 54.0 Å². The maximum absolute atomic E-state index is 12.9. The third-order valence-corrected chi connectivity index (χ3v) is 7.72. The molecule has 1 unspecified atom stereocenters. The van der Waals surface area contributed by atoms with Crippen LogP contribution >= 0.6 is 0 Å². The fourth-order valence-electron chi connectivity index (χ4n) is 5.18. The van der Waals surface area contributed by atoms with Gasteiger partial charge in [-0.2, -0.15) is 0 Å². The van der Waals surface area contributed by atoms with E-state index >= 15 is 0 Å². The molecule has 3 amide bonds. The summed E-state index contributed by atoms with van der Waals surface area (Å²) < 4.78 is 0. The fourth-order valence-corrected chi connectivity index (χ4v) is 5.18. The molecule has 1 heterocycles. The number of nitrogens with one attached hydrogen (secondary N) is 4. The van der Waals surface area contributed by atoms with Crippen LogP contribution in [-0.4, -0.2) is 147 Å². The Morgan fingerprint density at radius 1 is 0.673 bits per heavy atom. The summed E-state index contributed by atoms with van der Waals surface area (Å²) in [6.45, 7) is -2.62. The number of nitrogens with zero attached hydrogens (tertiary/aromatic N) is 3. The van der Waals surface area contributed by atoms with Gasteiger partial charge in [-0.25, -0.2) is 0 Å². The lowest BCUT2D eigenvalue weighted by Crippen LogP contribution is -2.50. The molecule has 1 aromatic heterocycles. The number of benzene rings is 2. The molecule has 0 spiro atoms. The molecule has 2 aromatic carbocycles. The van der Waals surface area contributed by atoms with Crippen LogP contribution in [0.3, 0.4) is 0 Å². The number of H-pyrrole nitrogens is 1. The van der Waals surface area contributed by atoms with Gasteiger partial charge in [0.2, 0.25) is 5.91 Å². The van der Waals surface area contributed by atoms with Crippen LogP contribution in [0.2, 0.25) is 0 Å². The number of aromatic nitrogens is 1. The van der Waals surface area contributed by atoms with E-state index in [1.54, 1.807) is 18.3 Å². The highest BCUT2D eigenvalue weighted by atomic mass is 16.4. The van der Waals surface area contributed by atoms with Crippen molar-refractivity contribution in [1.82, 2.24) is 35.9 Å². The van der Waals surface area contributed by atoms with Crippen molar-refractivity contribution in [2.45, 2.75) is 19.0 Å². The molecule has 19 nitrogen and oxygen atoms in total. The number of hydrogen-bond donors (Lipinski definition) is 9. The van der Waals surface area contributed by atoms with Crippen molar-refractivity contribution in [3.05, 3.63) is 71.4 Å². The minimum absolute atomic E-state index is 0.0102. The molecule has 19 heteroatoms. The van der Waals surface area contributed by atoms with Gasteiger partial charge in [0.1, 0.15) is 0 Å². The SMILES string of the molecule is NC(Cc1c[nH]c2ccccc12)C(=O)NNC(=O)c1ccc(CNC(=O)CN(CCN(CC(=O)O)CC(=O)O)CCN(CC(=O)O)CC(=O)O)cc1. The molecule has 0 aliphatic rings. The van der Waals surface area contributed by atoms with E-state index in [0.29, 0.717) is 5.56 Å². The third kappa shape index (κ3) is 14.2. The van der Waals surface area contributed by atoms with E-state index in [9.17, 15) is 33.6 Å². The molecule has 3 aromatic rings. The van der Waals surface area contributed by atoms with Crippen LogP contribution in [0.4, 0.5) is 0 Å². The van der Waals surface area contributed by atoms with Crippen LogP contribution in [0.15, 0.2) is 54.7 Å². The molecule has 0 aliphatic carbocycles. The number of carboxylic acid groups (broad SMARTS) is 4. The molecule has 1 atom stereocenters. The summed E-state index contributed by atoms with van der Waals surface area (Å²) in [4.78, 5) is 89.8. The molecule has 0 radical (unpaired) electrons. The summed E-state index contributed by atoms with van der Waals surface area (Å²) in [5, 5.41) is 40.2. The van der Waals surface area contributed by atoms with Gasteiger partial charge in [0.15, 0.2) is 0 Å². The van der Waals surface area contributed by atoms with E-state index in [4.69, 9.17) is 26.2 Å². The fraction of sp³-hybridized carbons (Fsp3) is 0.364. The zero-order valence-electron chi connectivity index (χ0n) is 28.1. The average molecular weight is 727 g/mol. The van der Waals surface area contributed by atoms with Crippen LogP contribution in [0.5, 0.6) is 0 Å². The number of nitrogens with two attached hydrogens (primary N) is 1. The van der Waals surface area contributed by atoms with Gasteiger partial charge in [-0.05, 0) is 35.7 Å². The van der Waals surface area contributed by atoms with E-state index in [2.05, 4.69) is 21.2 Å². The van der Waals surface area contributed by atoms with Gasteiger partial charge < -0.3 is 36.5 Å². The highest BCUT2D eigenvalue weighted by Crippen LogP contribution is 2.18. The minimum atomic E-state index is -1.26. The summed E-state index contributed by atoms with van der Waals surface area (Å²) in [6, 6.07) is 12.8. The highest BCUT2D eigenvalue weighted by molar-refractivity contribution is 5.96. The van der Waals surface area contributed by atoms with Gasteiger partial charge in [0.25, 0.3) is 11.8 Å². The molecule has 0 saturated heterocycles. The largest absolute Gasteiger partial charge is 0.480 e. The maximum atomic E-state index is 12.9. The van der Waals surface area contributed by atoms with Gasteiger partial charge >= 0.3 is 23.9 Å². The van der Waals surface area contributed by atoms with Gasteiger partial charge in [-0.15, -0.1) is 0 Å². The summed E-state index contributed by atoms with van der Waals surface area (Å²) in [7, 11) is 0. The lowest BCUT2D eigenvalue weighted by atomic mass is 10.1. The molecule has 0 saturated carbocycles. The number of carboxylic acids is 4. The monoisotopic (exact) mass is 726 g/mol. The maximum Gasteiger partial charge on any atom is 0.317 e. The number of hydrazine groups is 1. The molecule has 280 valence electrons. The predicted molar refractivity (Wildman–Crippen MR) is 184 cm³/mol. The summed E-state index contributed by atoms with van der Waals surface area (Å²) >= 11 is 0. The lowest BCUT2D eigenvalue weighted by Gasteiger charge is -2.28. The average Bonchev–Trinajstić information content (AvgIpc) is 3.48. The van der Waals surface area contributed by atoms with Crippen LogP contribution in [0.1, 0.15) is 21.5 Å². The number of amides is 3. The number of fused-ring (bicyclic) bond motifs is 1. The molecule has 0 fully saturated rings. The Hall–Kier alpha value is -5.89. The number of aromatic amines is 1. The van der Waals surface area contributed by atoms with Gasteiger partial charge in [-0.1, -0.05) is 30.3 Å². The standard InChI is InChI=1S/C33H42N8O11/c34-25(13-23-15-35-26-4-2-1-3-24(23)26)33(52)38-37-32(51)22-7-5-21(6-8-22)14-36-27(42)16-39(9-11-40(17-28(43)44)18-29(45)46)10-12-41(19-30(47)48)20-31(49)50/h1-8,15,25,35H,9-14,16-20,34H2,(H,36,42)(H,37,51)(H,38,52)(H,43,44)(H,45,46)(H,47,48)(H,49,50). The first-order valence-corrected chi connectivity index (χ1v) is 16.0. The molecular formula is C33H42N8O11. The topological polar surface area (TPSA) is 288 Å². The summed E-state index contributed by atoms with van der Waals surface area (Å²) in [5.74, 6) is -6.69. The smallest absolute Gasteiger partial charge is 0.317 e. The molecule has 0 bridgehead atoms. The van der Waals surface area contributed by atoms with Gasteiger partial charge in [0.05, 0.1) is 38.8 Å². The summed E-state index contributed by atoms with van der Waals surface area (Å²) in [5.41, 5.74) is 13.3. The van der Waals surface area contributed by atoms with Crippen molar-refractivity contribution in [3.8, 4) is 0 Å². The number of hydrogen-bond acceptors (Lipinski definition) is 11. The van der Waals surface area contributed by atoms with Crippen LogP contribution in [0, 0.1) is 0 Å². The molecule has 52 heavy (non-hydrogen) atoms. The first-order chi connectivity index (χ1) is 24.7. The Kier molecular flexibility index (Phi) is 15.7. The molecular weight excluding hydrogens is 684 g/mol. The number of aliphatic carboxylic acids is 4. The Bertz CT molecular complexity index is 1660. The quantitative estimate of drug-likeness (QED) is 0.0525. The van der Waals surface area contributed by atoms with Gasteiger partial charge in [0, 0.05) is 55.4 Å². The van der Waals surface area contributed by atoms with Crippen molar-refractivity contribution in [2.24, 2.45) is 5.73 Å². The zero-order chi connectivity index (χ0) is 38.2. The van der Waals surface area contributed by atoms with E-state index in [0.717, 1.165) is 26.3 Å². The highest BCUT2D eigenvalue weighted by Gasteiger charge is 2.20. The first kappa shape index (κ1) is 40.5. The first-order valence-electron chi connectivity index (χ1n) is 16.0. The molecule has 3 rings (SSSR count).